The van der Waals surface area contributed by atoms with Crippen molar-refractivity contribution in [2.75, 3.05) is 19.8 Å². The van der Waals surface area contributed by atoms with Gasteiger partial charge in [0.05, 0.1) is 31.3 Å². The van der Waals surface area contributed by atoms with Gasteiger partial charge in [0.2, 0.25) is 6.29 Å². The standard InChI is InChI=1S/C47H76O17/c1-42(2)14-16-47(41(58)64-40-35(56)33(54)31(52)26(20-49)61-40)17-15-45(6)22(23(47)18-42)8-9-28-44(5)12-11-29(43(3,4)27(44)10-13-46(28,45)7)62-38-36(57)37(24(50)21-59-38)63-39-34(55)32(53)30(51)25(19-48)60-39/h8,23-40,48-57H,9-21H2,1-7H3/t23-,24-,25+,26+,27-,28+,29-,30-,31+,32-,33-,34+,35+,36+,37-,38-,39-,40-,44-,45+,46+,47-/m0/s1. The molecule has 4 saturated carbocycles. The molecule has 0 amide bonds. The minimum atomic E-state index is -1.72. The minimum absolute atomic E-state index is 0.0414. The highest BCUT2D eigenvalue weighted by Gasteiger charge is 2.70. The summed E-state index contributed by atoms with van der Waals surface area (Å²) in [6, 6.07) is 0. The van der Waals surface area contributed by atoms with Gasteiger partial charge < -0.3 is 79.5 Å². The first-order valence-electron chi connectivity index (χ1n) is 23.7. The maximum Gasteiger partial charge on any atom is 0.315 e. The Bertz CT molecular complexity index is 1740. The topological polar surface area (TPSA) is 275 Å². The van der Waals surface area contributed by atoms with Crippen molar-refractivity contribution in [3.05, 3.63) is 11.6 Å². The van der Waals surface area contributed by atoms with Crippen LogP contribution in [0.25, 0.3) is 0 Å². The van der Waals surface area contributed by atoms with E-state index in [-0.39, 0.29) is 51.6 Å². The van der Waals surface area contributed by atoms with Crippen molar-refractivity contribution in [3.8, 4) is 0 Å². The highest BCUT2D eigenvalue weighted by atomic mass is 16.7. The summed E-state index contributed by atoms with van der Waals surface area (Å²) in [5, 5.41) is 105. The fourth-order valence-electron chi connectivity index (χ4n) is 14.8. The highest BCUT2D eigenvalue weighted by molar-refractivity contribution is 5.79. The van der Waals surface area contributed by atoms with Crippen molar-refractivity contribution in [1.29, 1.82) is 0 Å². The lowest BCUT2D eigenvalue weighted by Crippen LogP contribution is -2.66. The molecule has 366 valence electrons. The SMILES string of the molecule is CC1(C)CC[C@]2(C(=O)O[C@@H]3O[C@H](CO)[C@@H](O)[C@H](O)[C@H]3O)CC[C@]3(C)C(=CC[C@@H]4[C@@]5(C)CC[C@H](O[C@@H]6OC[C@H](O)[C@H](O[C@@H]7O[C@H](CO)[C@H](O)[C@H](O)[C@H]7O)[C@H]6O)C(C)(C)[C@@H]5CC[C@]43C)[C@@H]2C1. The van der Waals surface area contributed by atoms with Gasteiger partial charge in [-0.1, -0.05) is 60.1 Å². The van der Waals surface area contributed by atoms with E-state index in [2.05, 4.69) is 54.5 Å². The van der Waals surface area contributed by atoms with Crippen LogP contribution in [0.1, 0.15) is 113 Å². The monoisotopic (exact) mass is 913 g/mol. The Hall–Kier alpha value is -1.39. The van der Waals surface area contributed by atoms with Crippen molar-refractivity contribution in [1.82, 2.24) is 0 Å². The molecule has 0 aromatic rings. The van der Waals surface area contributed by atoms with E-state index >= 15 is 0 Å². The largest absolute Gasteiger partial charge is 0.432 e. The van der Waals surface area contributed by atoms with Crippen LogP contribution in [0.3, 0.4) is 0 Å². The molecule has 17 nitrogen and oxygen atoms in total. The van der Waals surface area contributed by atoms with E-state index in [9.17, 15) is 55.9 Å². The van der Waals surface area contributed by atoms with Crippen LogP contribution in [0, 0.1) is 50.2 Å². The summed E-state index contributed by atoms with van der Waals surface area (Å²) in [5.74, 6) is -0.0598. The van der Waals surface area contributed by atoms with Crippen molar-refractivity contribution in [2.24, 2.45) is 50.2 Å². The average molecular weight is 913 g/mol. The number of aliphatic hydroxyl groups excluding tert-OH is 10. The normalized spacial score (nSPS) is 53.4. The second-order valence-electron chi connectivity index (χ2n) is 23.0. The van der Waals surface area contributed by atoms with E-state index in [4.69, 9.17) is 28.4 Å². The molecule has 0 bridgehead atoms. The molecule has 3 aliphatic heterocycles. The predicted octanol–water partition coefficient (Wildman–Crippen LogP) is 0.780. The molecule has 22 atom stereocenters. The summed E-state index contributed by atoms with van der Waals surface area (Å²) < 4.78 is 35.6. The number of allylic oxidation sites excluding steroid dienone is 2. The fraction of sp³-hybridized carbons (Fsp3) is 0.936. The minimum Gasteiger partial charge on any atom is -0.432 e. The molecule has 0 spiro atoms. The Kier molecular flexibility index (Phi) is 13.2. The van der Waals surface area contributed by atoms with Crippen LogP contribution in [0.5, 0.6) is 0 Å². The highest BCUT2D eigenvalue weighted by Crippen LogP contribution is 2.76. The maximum absolute atomic E-state index is 14.6. The Morgan fingerprint density at radius 3 is 1.92 bits per heavy atom. The summed E-state index contributed by atoms with van der Waals surface area (Å²) in [6.07, 6.45) is -10.9. The van der Waals surface area contributed by atoms with Gasteiger partial charge in [-0.25, -0.2) is 0 Å². The van der Waals surface area contributed by atoms with Crippen LogP contribution >= 0.6 is 0 Å². The summed E-state index contributed by atoms with van der Waals surface area (Å²) in [4.78, 5) is 14.6. The lowest BCUT2D eigenvalue weighted by molar-refractivity contribution is -0.357. The van der Waals surface area contributed by atoms with E-state index in [1.165, 1.54) is 5.57 Å². The molecule has 5 aliphatic carbocycles. The predicted molar refractivity (Wildman–Crippen MR) is 224 cm³/mol. The van der Waals surface area contributed by atoms with Gasteiger partial charge in [-0.3, -0.25) is 4.79 Å². The Balaban J connectivity index is 1.01. The van der Waals surface area contributed by atoms with Crippen molar-refractivity contribution in [3.63, 3.8) is 0 Å². The van der Waals surface area contributed by atoms with E-state index in [1.54, 1.807) is 0 Å². The second-order valence-corrected chi connectivity index (χ2v) is 23.0. The molecule has 7 fully saturated rings. The van der Waals surface area contributed by atoms with Gasteiger partial charge >= 0.3 is 5.97 Å². The molecule has 17 heteroatoms. The molecule has 0 unspecified atom stereocenters. The van der Waals surface area contributed by atoms with Crippen LogP contribution in [-0.4, -0.2) is 169 Å². The first-order chi connectivity index (χ1) is 29.9. The molecule has 10 N–H and O–H groups in total. The molecular weight excluding hydrogens is 836 g/mol. The number of carbonyl (C=O) groups is 1. The number of carbonyl (C=O) groups excluding carboxylic acids is 1. The van der Waals surface area contributed by atoms with Crippen molar-refractivity contribution in [2.45, 2.75) is 205 Å². The van der Waals surface area contributed by atoms with Gasteiger partial charge in [0.1, 0.15) is 67.1 Å². The number of fused-ring (bicyclic) bond motifs is 7. The van der Waals surface area contributed by atoms with Gasteiger partial charge in [0.15, 0.2) is 12.6 Å². The number of ether oxygens (including phenoxy) is 6. The zero-order chi connectivity index (χ0) is 46.7. The summed E-state index contributed by atoms with van der Waals surface area (Å²) in [5.41, 5.74) is -0.434. The molecule has 0 aromatic heterocycles. The average Bonchev–Trinajstić information content (AvgIpc) is 3.24. The van der Waals surface area contributed by atoms with Crippen LogP contribution < -0.4 is 0 Å². The van der Waals surface area contributed by atoms with E-state index in [0.717, 1.165) is 44.9 Å². The van der Waals surface area contributed by atoms with E-state index in [0.29, 0.717) is 25.2 Å². The summed E-state index contributed by atoms with van der Waals surface area (Å²) >= 11 is 0. The third-order valence-corrected chi connectivity index (χ3v) is 18.9. The Morgan fingerprint density at radius 1 is 0.672 bits per heavy atom. The Labute approximate surface area is 376 Å². The number of rotatable bonds is 8. The van der Waals surface area contributed by atoms with Gasteiger partial charge in [0, 0.05) is 0 Å². The first-order valence-corrected chi connectivity index (χ1v) is 23.7. The smallest absolute Gasteiger partial charge is 0.315 e. The molecule has 0 radical (unpaired) electrons. The molecule has 0 aromatic carbocycles. The van der Waals surface area contributed by atoms with Gasteiger partial charge in [-0.15, -0.1) is 0 Å². The van der Waals surface area contributed by atoms with Crippen LogP contribution in [-0.2, 0) is 33.2 Å². The molecule has 3 heterocycles. The Morgan fingerprint density at radius 2 is 1.28 bits per heavy atom. The zero-order valence-corrected chi connectivity index (χ0v) is 38.5. The summed E-state index contributed by atoms with van der Waals surface area (Å²) in [7, 11) is 0. The molecular formula is C47H76O17. The number of hydrogen-bond donors (Lipinski definition) is 10. The van der Waals surface area contributed by atoms with Crippen molar-refractivity contribution >= 4 is 5.97 Å². The zero-order valence-electron chi connectivity index (χ0n) is 38.5. The summed E-state index contributed by atoms with van der Waals surface area (Å²) in [6.45, 7) is 14.7. The van der Waals surface area contributed by atoms with Gasteiger partial charge in [-0.2, -0.15) is 0 Å². The lowest BCUT2D eigenvalue weighted by Gasteiger charge is -2.71. The third-order valence-electron chi connectivity index (χ3n) is 18.9. The van der Waals surface area contributed by atoms with Gasteiger partial charge in [0.25, 0.3) is 0 Å². The lowest BCUT2D eigenvalue weighted by atomic mass is 9.33. The molecule has 64 heavy (non-hydrogen) atoms. The second kappa shape index (κ2) is 17.2. The molecule has 8 rings (SSSR count). The maximum atomic E-state index is 14.6. The van der Waals surface area contributed by atoms with E-state index < -0.39 is 111 Å². The third kappa shape index (κ3) is 7.58. The van der Waals surface area contributed by atoms with Gasteiger partial charge in [-0.05, 0) is 109 Å². The first kappa shape index (κ1) is 49.0. The fourth-order valence-corrected chi connectivity index (χ4v) is 14.8. The van der Waals surface area contributed by atoms with Crippen LogP contribution in [0.2, 0.25) is 0 Å². The quantitative estimate of drug-likeness (QED) is 0.0916. The van der Waals surface area contributed by atoms with Crippen LogP contribution in [0.4, 0.5) is 0 Å². The van der Waals surface area contributed by atoms with Crippen LogP contribution in [0.15, 0.2) is 11.6 Å². The molecule has 3 saturated heterocycles. The number of aliphatic hydroxyl groups is 10. The number of esters is 1. The van der Waals surface area contributed by atoms with E-state index in [1.807, 2.05) is 0 Å². The number of hydrogen-bond acceptors (Lipinski definition) is 17. The van der Waals surface area contributed by atoms with Crippen molar-refractivity contribution < 1.29 is 84.3 Å². The molecule has 8 aliphatic rings.